The average molecular weight is 406 g/mol. The highest BCUT2D eigenvalue weighted by Gasteiger charge is 2.38. The summed E-state index contributed by atoms with van der Waals surface area (Å²) in [5, 5.41) is 0.810. The molecule has 0 N–H and O–H groups in total. The van der Waals surface area contributed by atoms with Gasteiger partial charge in [0.05, 0.1) is 10.6 Å². The summed E-state index contributed by atoms with van der Waals surface area (Å²) in [6, 6.07) is 18.5. The Morgan fingerprint density at radius 2 is 1.69 bits per heavy atom. The molecule has 1 heterocycles. The molecule has 0 atom stereocenters. The first-order chi connectivity index (χ1) is 14.1. The number of carbonyl (C=O) groups is 1. The van der Waals surface area contributed by atoms with Crippen LogP contribution in [-0.4, -0.2) is 36.1 Å². The molecule has 150 valence electrons. The molecule has 4 nitrogen and oxygen atoms in total. The van der Waals surface area contributed by atoms with Crippen molar-refractivity contribution < 1.29 is 4.79 Å². The van der Waals surface area contributed by atoms with Gasteiger partial charge in [-0.25, -0.2) is 4.99 Å². The molecule has 2 aromatic carbocycles. The number of thioether (sulfide) groups is 1. The van der Waals surface area contributed by atoms with Crippen molar-refractivity contribution in [3.05, 3.63) is 65.1 Å². The van der Waals surface area contributed by atoms with E-state index in [1.54, 1.807) is 0 Å². The van der Waals surface area contributed by atoms with Crippen molar-refractivity contribution in [2.75, 3.05) is 19.0 Å². The molecular formula is C24H27N3OS. The lowest BCUT2D eigenvalue weighted by molar-refractivity contribution is -0.124. The molecule has 0 bridgehead atoms. The second-order valence-electron chi connectivity index (χ2n) is 7.79. The number of carbonyl (C=O) groups excluding carboxylic acids is 1. The zero-order valence-corrected chi connectivity index (χ0v) is 17.9. The first kappa shape index (κ1) is 19.8. The molecule has 1 saturated heterocycles. The fourth-order valence-electron chi connectivity index (χ4n) is 3.86. The van der Waals surface area contributed by atoms with Gasteiger partial charge < -0.3 is 4.90 Å². The summed E-state index contributed by atoms with van der Waals surface area (Å²) in [7, 11) is 4.05. The lowest BCUT2D eigenvalue weighted by Crippen LogP contribution is -2.40. The fraction of sp³-hybridized carbons (Fsp3) is 0.333. The Labute approximate surface area is 177 Å². The van der Waals surface area contributed by atoms with Crippen LogP contribution in [0.2, 0.25) is 0 Å². The number of hydrogen-bond donors (Lipinski definition) is 0. The zero-order chi connectivity index (χ0) is 20.2. The predicted molar refractivity (Wildman–Crippen MR) is 124 cm³/mol. The van der Waals surface area contributed by atoms with Crippen LogP contribution in [0.5, 0.6) is 0 Å². The molecule has 2 aliphatic rings. The van der Waals surface area contributed by atoms with Gasteiger partial charge in [-0.15, -0.1) is 0 Å². The van der Waals surface area contributed by atoms with E-state index in [9.17, 15) is 4.79 Å². The number of amidine groups is 1. The van der Waals surface area contributed by atoms with Crippen LogP contribution in [0.25, 0.3) is 6.08 Å². The van der Waals surface area contributed by atoms with Gasteiger partial charge in [0.25, 0.3) is 5.91 Å². The van der Waals surface area contributed by atoms with E-state index in [1.165, 1.54) is 31.0 Å². The SMILES string of the molecule is CN(C)c1ccc(/C=C2\SC(=Nc3ccccc3)N(C3CCCCC3)C2=O)cc1. The third-order valence-corrected chi connectivity index (χ3v) is 6.45. The van der Waals surface area contributed by atoms with Crippen LogP contribution >= 0.6 is 11.8 Å². The van der Waals surface area contributed by atoms with Gasteiger partial charge in [0.1, 0.15) is 0 Å². The minimum absolute atomic E-state index is 0.0910. The summed E-state index contributed by atoms with van der Waals surface area (Å²) in [4.78, 5) is 22.9. The highest BCUT2D eigenvalue weighted by atomic mass is 32.2. The van der Waals surface area contributed by atoms with Gasteiger partial charge in [0.15, 0.2) is 5.17 Å². The van der Waals surface area contributed by atoms with Gasteiger partial charge >= 0.3 is 0 Å². The van der Waals surface area contributed by atoms with E-state index in [0.717, 1.165) is 39.9 Å². The minimum Gasteiger partial charge on any atom is -0.378 e. The van der Waals surface area contributed by atoms with Crippen molar-refractivity contribution in [1.82, 2.24) is 4.90 Å². The van der Waals surface area contributed by atoms with Crippen LogP contribution in [0.1, 0.15) is 37.7 Å². The maximum atomic E-state index is 13.3. The molecule has 4 rings (SSSR count). The maximum Gasteiger partial charge on any atom is 0.267 e. The zero-order valence-electron chi connectivity index (χ0n) is 17.0. The van der Waals surface area contributed by atoms with Gasteiger partial charge in [-0.2, -0.15) is 0 Å². The normalized spacial score (nSPS) is 20.6. The third-order valence-electron chi connectivity index (χ3n) is 5.46. The number of amides is 1. The van der Waals surface area contributed by atoms with Crippen molar-refractivity contribution in [2.45, 2.75) is 38.1 Å². The maximum absolute atomic E-state index is 13.3. The molecule has 0 spiro atoms. The molecule has 2 aromatic rings. The van der Waals surface area contributed by atoms with Gasteiger partial charge in [-0.1, -0.05) is 49.6 Å². The predicted octanol–water partition coefficient (Wildman–Crippen LogP) is 5.69. The quantitative estimate of drug-likeness (QED) is 0.613. The Hall–Kier alpha value is -2.53. The lowest BCUT2D eigenvalue weighted by Gasteiger charge is -2.30. The Morgan fingerprint density at radius 1 is 1.00 bits per heavy atom. The molecule has 1 amide bonds. The Kier molecular flexibility index (Phi) is 6.05. The Morgan fingerprint density at radius 3 is 2.34 bits per heavy atom. The molecule has 5 heteroatoms. The van der Waals surface area contributed by atoms with Crippen molar-refractivity contribution in [2.24, 2.45) is 4.99 Å². The molecule has 1 aliphatic heterocycles. The number of rotatable bonds is 4. The fourth-order valence-corrected chi connectivity index (χ4v) is 4.92. The molecule has 29 heavy (non-hydrogen) atoms. The lowest BCUT2D eigenvalue weighted by atomic mass is 9.94. The third kappa shape index (κ3) is 4.56. The van der Waals surface area contributed by atoms with Gasteiger partial charge in [-0.05, 0) is 60.5 Å². The molecule has 1 saturated carbocycles. The van der Waals surface area contributed by atoms with E-state index in [0.29, 0.717) is 0 Å². The van der Waals surface area contributed by atoms with Crippen molar-refractivity contribution in [1.29, 1.82) is 0 Å². The molecule has 0 radical (unpaired) electrons. The van der Waals surface area contributed by atoms with Crippen molar-refractivity contribution in [3.8, 4) is 0 Å². The van der Waals surface area contributed by atoms with Gasteiger partial charge in [0.2, 0.25) is 0 Å². The van der Waals surface area contributed by atoms with Crippen molar-refractivity contribution >= 4 is 40.3 Å². The summed E-state index contributed by atoms with van der Waals surface area (Å²) in [5.41, 5.74) is 3.07. The smallest absolute Gasteiger partial charge is 0.267 e. The van der Waals surface area contributed by atoms with Crippen LogP contribution in [-0.2, 0) is 4.79 Å². The molecule has 0 aromatic heterocycles. The van der Waals surface area contributed by atoms with Crippen molar-refractivity contribution in [3.63, 3.8) is 0 Å². The summed E-state index contributed by atoms with van der Waals surface area (Å²) < 4.78 is 0. The highest BCUT2D eigenvalue weighted by Crippen LogP contribution is 2.38. The second-order valence-corrected chi connectivity index (χ2v) is 8.80. The molecular weight excluding hydrogens is 378 g/mol. The van der Waals surface area contributed by atoms with E-state index < -0.39 is 0 Å². The number of benzene rings is 2. The Bertz CT molecular complexity index is 913. The van der Waals surface area contributed by atoms with Gasteiger partial charge in [-0.3, -0.25) is 9.69 Å². The van der Waals surface area contributed by atoms with Crippen LogP contribution in [0.4, 0.5) is 11.4 Å². The number of aliphatic imine (C=N–C) groups is 1. The summed E-state index contributed by atoms with van der Waals surface area (Å²) >= 11 is 1.50. The summed E-state index contributed by atoms with van der Waals surface area (Å²) in [6.45, 7) is 0. The van der Waals surface area contributed by atoms with Gasteiger partial charge in [0, 0.05) is 25.8 Å². The van der Waals surface area contributed by atoms with Crippen LogP contribution in [0.3, 0.4) is 0 Å². The summed E-state index contributed by atoms with van der Waals surface area (Å²) in [6.07, 6.45) is 7.74. The van der Waals surface area contributed by atoms with Crippen LogP contribution in [0, 0.1) is 0 Å². The summed E-state index contributed by atoms with van der Waals surface area (Å²) in [5.74, 6) is 0.0910. The average Bonchev–Trinajstić information content (AvgIpc) is 3.04. The highest BCUT2D eigenvalue weighted by molar-refractivity contribution is 8.18. The number of hydrogen-bond acceptors (Lipinski definition) is 4. The largest absolute Gasteiger partial charge is 0.378 e. The number of para-hydroxylation sites is 1. The first-order valence-electron chi connectivity index (χ1n) is 10.3. The van der Waals surface area contributed by atoms with E-state index in [2.05, 4.69) is 29.2 Å². The second kappa shape index (κ2) is 8.87. The van der Waals surface area contributed by atoms with E-state index in [1.807, 2.05) is 55.4 Å². The van der Waals surface area contributed by atoms with E-state index >= 15 is 0 Å². The number of anilines is 1. The van der Waals surface area contributed by atoms with Crippen LogP contribution in [0.15, 0.2) is 64.5 Å². The minimum atomic E-state index is 0.0910. The molecule has 0 unspecified atom stereocenters. The number of nitrogens with zero attached hydrogens (tertiary/aromatic N) is 3. The monoisotopic (exact) mass is 405 g/mol. The first-order valence-corrected chi connectivity index (χ1v) is 11.1. The van der Waals surface area contributed by atoms with E-state index in [-0.39, 0.29) is 11.9 Å². The molecule has 1 aliphatic carbocycles. The topological polar surface area (TPSA) is 35.9 Å². The standard InChI is InChI=1S/C24H27N3OS/c1-26(2)20-15-13-18(14-16-20)17-22-23(28)27(21-11-7-4-8-12-21)24(29-22)25-19-9-5-3-6-10-19/h3,5-6,9-10,13-17,21H,4,7-8,11-12H2,1-2H3/b22-17-,25-24?. The Balaban J connectivity index is 1.65. The van der Waals surface area contributed by atoms with E-state index in [4.69, 9.17) is 4.99 Å². The molecule has 2 fully saturated rings. The van der Waals surface area contributed by atoms with Crippen LogP contribution < -0.4 is 4.90 Å².